The molecule has 166 valence electrons. The van der Waals surface area contributed by atoms with Gasteiger partial charge in [-0.3, -0.25) is 0 Å². The summed E-state index contributed by atoms with van der Waals surface area (Å²) in [4.78, 5) is 22.7. The zero-order valence-corrected chi connectivity index (χ0v) is 17.3. The van der Waals surface area contributed by atoms with Crippen molar-refractivity contribution in [2.24, 2.45) is 0 Å². The van der Waals surface area contributed by atoms with Crippen LogP contribution < -0.4 is 14.8 Å². The lowest BCUT2D eigenvalue weighted by atomic mass is 10.0. The molecule has 8 heteroatoms. The minimum absolute atomic E-state index is 0.0193. The van der Waals surface area contributed by atoms with E-state index in [1.54, 1.807) is 12.1 Å². The number of aliphatic hydroxyl groups excluding tert-OH is 1. The molecular formula is C24H23NO7. The summed E-state index contributed by atoms with van der Waals surface area (Å²) in [5, 5.41) is 34.5. The Morgan fingerprint density at radius 3 is 2.34 bits per heavy atom. The number of carboxylic acids is 2. The van der Waals surface area contributed by atoms with Crippen molar-refractivity contribution in [1.82, 2.24) is 5.32 Å². The quantitative estimate of drug-likeness (QED) is 0.397. The monoisotopic (exact) mass is 437 g/mol. The van der Waals surface area contributed by atoms with E-state index in [9.17, 15) is 24.9 Å². The summed E-state index contributed by atoms with van der Waals surface area (Å²) in [5.74, 6) is -6.11. The van der Waals surface area contributed by atoms with Gasteiger partial charge in [0.1, 0.15) is 0 Å². The molecule has 32 heavy (non-hydrogen) atoms. The Labute approximate surface area is 184 Å². The van der Waals surface area contributed by atoms with Crippen molar-refractivity contribution in [3.8, 4) is 11.5 Å². The first-order valence-corrected chi connectivity index (χ1v) is 10.2. The maximum atomic E-state index is 11.4. The van der Waals surface area contributed by atoms with E-state index in [-0.39, 0.29) is 17.5 Å². The van der Waals surface area contributed by atoms with Crippen LogP contribution in [0.5, 0.6) is 11.5 Å². The second-order valence-electron chi connectivity index (χ2n) is 7.85. The minimum Gasteiger partial charge on any atom is -0.475 e. The van der Waals surface area contributed by atoms with Gasteiger partial charge in [-0.1, -0.05) is 42.5 Å². The van der Waals surface area contributed by atoms with Crippen molar-refractivity contribution in [2.75, 3.05) is 6.54 Å². The van der Waals surface area contributed by atoms with Gasteiger partial charge in [-0.15, -0.1) is 0 Å². The van der Waals surface area contributed by atoms with Crippen molar-refractivity contribution in [3.63, 3.8) is 0 Å². The van der Waals surface area contributed by atoms with Crippen LogP contribution in [0.2, 0.25) is 0 Å². The molecule has 2 atom stereocenters. The van der Waals surface area contributed by atoms with Gasteiger partial charge in [-0.05, 0) is 53.4 Å². The summed E-state index contributed by atoms with van der Waals surface area (Å²) in [5.41, 5.74) is 1.63. The van der Waals surface area contributed by atoms with Gasteiger partial charge in [-0.25, -0.2) is 9.59 Å². The molecule has 4 N–H and O–H groups in total. The van der Waals surface area contributed by atoms with E-state index in [4.69, 9.17) is 9.47 Å². The molecule has 8 nitrogen and oxygen atoms in total. The normalized spacial score (nSPS) is 15.9. The number of aliphatic hydroxyl groups is 1. The maximum Gasteiger partial charge on any atom is 0.453 e. The smallest absolute Gasteiger partial charge is 0.453 e. The molecule has 3 aromatic rings. The fraction of sp³-hybridized carbons (Fsp3) is 0.250. The first-order chi connectivity index (χ1) is 15.3. The Balaban J connectivity index is 1.37. The highest BCUT2D eigenvalue weighted by molar-refractivity contribution is 6.01. The summed E-state index contributed by atoms with van der Waals surface area (Å²) < 4.78 is 10.2. The van der Waals surface area contributed by atoms with E-state index in [1.807, 2.05) is 49.4 Å². The van der Waals surface area contributed by atoms with Gasteiger partial charge < -0.3 is 30.1 Å². The number of hydrogen-bond donors (Lipinski definition) is 4. The van der Waals surface area contributed by atoms with Gasteiger partial charge >= 0.3 is 17.7 Å². The zero-order chi connectivity index (χ0) is 22.9. The second-order valence-corrected chi connectivity index (χ2v) is 7.85. The average molecular weight is 437 g/mol. The Kier molecular flexibility index (Phi) is 5.73. The molecule has 0 amide bonds. The largest absolute Gasteiger partial charge is 0.475 e. The number of ether oxygens (including phenoxy) is 2. The van der Waals surface area contributed by atoms with Crippen molar-refractivity contribution < 1.29 is 34.4 Å². The number of hydrogen-bond acceptors (Lipinski definition) is 6. The number of benzene rings is 3. The Bertz CT molecular complexity index is 1160. The molecule has 0 radical (unpaired) electrons. The maximum absolute atomic E-state index is 11.4. The van der Waals surface area contributed by atoms with Crippen LogP contribution in [0.3, 0.4) is 0 Å². The van der Waals surface area contributed by atoms with Gasteiger partial charge in [0.2, 0.25) is 0 Å². The van der Waals surface area contributed by atoms with Crippen molar-refractivity contribution in [1.29, 1.82) is 0 Å². The molecule has 0 fully saturated rings. The summed E-state index contributed by atoms with van der Waals surface area (Å²) in [6.45, 7) is 2.31. The van der Waals surface area contributed by atoms with Gasteiger partial charge in [0.15, 0.2) is 11.5 Å². The standard InChI is InChI=1S/C24H23NO7/c1-14(25-13-19(26)18-8-7-16-4-2-3-5-17(16)12-18)10-15-6-9-20-21(11-15)32-24(31-20,22(27)28)23(29)30/h2-9,11-12,14,19,25-26H,10,13H2,1H3,(H,27,28)(H,29,30). The predicted molar refractivity (Wildman–Crippen MR) is 116 cm³/mol. The summed E-state index contributed by atoms with van der Waals surface area (Å²) in [6.07, 6.45) is -0.126. The number of carbonyl (C=O) groups is 2. The lowest BCUT2D eigenvalue weighted by Crippen LogP contribution is -2.54. The number of carboxylic acid groups (broad SMARTS) is 2. The second kappa shape index (κ2) is 8.49. The van der Waals surface area contributed by atoms with Crippen LogP contribution in [-0.2, 0) is 16.0 Å². The molecule has 0 aliphatic carbocycles. The minimum atomic E-state index is -2.77. The third-order valence-electron chi connectivity index (χ3n) is 5.44. The molecule has 1 heterocycles. The van der Waals surface area contributed by atoms with Crippen LogP contribution in [0.25, 0.3) is 10.8 Å². The summed E-state index contributed by atoms with van der Waals surface area (Å²) in [7, 11) is 0. The molecule has 3 aromatic carbocycles. The van der Waals surface area contributed by atoms with Crippen LogP contribution in [0.1, 0.15) is 24.2 Å². The predicted octanol–water partition coefficient (Wildman–Crippen LogP) is 2.73. The molecule has 0 aromatic heterocycles. The van der Waals surface area contributed by atoms with E-state index in [2.05, 4.69) is 5.32 Å². The zero-order valence-electron chi connectivity index (χ0n) is 17.3. The fourth-order valence-electron chi connectivity index (χ4n) is 3.71. The molecule has 1 aliphatic heterocycles. The van der Waals surface area contributed by atoms with E-state index < -0.39 is 23.8 Å². The highest BCUT2D eigenvalue weighted by Crippen LogP contribution is 2.40. The molecule has 1 aliphatic rings. The average Bonchev–Trinajstić information content (AvgIpc) is 3.18. The highest BCUT2D eigenvalue weighted by atomic mass is 16.8. The van der Waals surface area contributed by atoms with Crippen molar-refractivity contribution >= 4 is 22.7 Å². The SMILES string of the molecule is CC(Cc1ccc2c(c1)OC(C(=O)O)(C(=O)O)O2)NCC(O)c1ccc2ccccc2c1. The van der Waals surface area contributed by atoms with Crippen LogP contribution in [0.4, 0.5) is 0 Å². The molecule has 0 bridgehead atoms. The van der Waals surface area contributed by atoms with Gasteiger partial charge in [0, 0.05) is 12.6 Å². The molecule has 0 spiro atoms. The van der Waals surface area contributed by atoms with Gasteiger partial charge in [0.05, 0.1) is 6.10 Å². The van der Waals surface area contributed by atoms with Crippen LogP contribution in [0, 0.1) is 0 Å². The van der Waals surface area contributed by atoms with Crippen LogP contribution in [-0.4, -0.2) is 45.6 Å². The lowest BCUT2D eigenvalue weighted by molar-refractivity contribution is -0.194. The van der Waals surface area contributed by atoms with E-state index >= 15 is 0 Å². The lowest BCUT2D eigenvalue weighted by Gasteiger charge is -2.18. The number of rotatable bonds is 8. The third kappa shape index (κ3) is 4.10. The van der Waals surface area contributed by atoms with Gasteiger partial charge in [0.25, 0.3) is 0 Å². The summed E-state index contributed by atoms with van der Waals surface area (Å²) >= 11 is 0. The molecule has 2 unspecified atom stereocenters. The first-order valence-electron chi connectivity index (χ1n) is 10.2. The Morgan fingerprint density at radius 1 is 0.938 bits per heavy atom. The van der Waals surface area contributed by atoms with E-state index in [0.29, 0.717) is 13.0 Å². The number of aliphatic carboxylic acids is 2. The van der Waals surface area contributed by atoms with Crippen LogP contribution in [0.15, 0.2) is 60.7 Å². The third-order valence-corrected chi connectivity index (χ3v) is 5.44. The van der Waals surface area contributed by atoms with Crippen molar-refractivity contribution in [2.45, 2.75) is 31.3 Å². The van der Waals surface area contributed by atoms with E-state index in [1.165, 1.54) is 6.07 Å². The topological polar surface area (TPSA) is 125 Å². The van der Waals surface area contributed by atoms with Crippen molar-refractivity contribution in [3.05, 3.63) is 71.8 Å². The first kappa shape index (κ1) is 21.6. The fourth-order valence-corrected chi connectivity index (χ4v) is 3.71. The Hall–Kier alpha value is -3.62. The molecule has 0 saturated carbocycles. The van der Waals surface area contributed by atoms with Gasteiger partial charge in [-0.2, -0.15) is 0 Å². The molecule has 4 rings (SSSR count). The number of nitrogens with one attached hydrogen (secondary N) is 1. The van der Waals surface area contributed by atoms with E-state index in [0.717, 1.165) is 21.9 Å². The summed E-state index contributed by atoms with van der Waals surface area (Å²) in [6, 6.07) is 18.6. The molecular weight excluding hydrogens is 414 g/mol. The highest BCUT2D eigenvalue weighted by Gasteiger charge is 2.57. The van der Waals surface area contributed by atoms with Crippen LogP contribution >= 0.6 is 0 Å². The Morgan fingerprint density at radius 2 is 1.62 bits per heavy atom. The molecule has 0 saturated heterocycles. The number of fused-ring (bicyclic) bond motifs is 2.